The molecule has 0 spiro atoms. The van der Waals surface area contributed by atoms with Crippen molar-refractivity contribution in [1.29, 1.82) is 0 Å². The molecule has 0 aliphatic heterocycles. The first-order valence-corrected chi connectivity index (χ1v) is 3.51. The summed E-state index contributed by atoms with van der Waals surface area (Å²) in [7, 11) is 4.17. The number of nitrogens with one attached hydrogen (secondary N) is 1. The van der Waals surface area contributed by atoms with Gasteiger partial charge in [-0.2, -0.15) is 0 Å². The van der Waals surface area contributed by atoms with Gasteiger partial charge >= 0.3 is 0 Å². The maximum absolute atomic E-state index is 3.34. The van der Waals surface area contributed by atoms with E-state index >= 15 is 0 Å². The number of hydrogen-bond donors (Lipinski definition) is 1. The van der Waals surface area contributed by atoms with Gasteiger partial charge in [-0.3, -0.25) is 0 Å². The van der Waals surface area contributed by atoms with Crippen LogP contribution in [0.25, 0.3) is 0 Å². The second kappa shape index (κ2) is 4.77. The predicted octanol–water partition coefficient (Wildman–Crippen LogP) is 0.546. The summed E-state index contributed by atoms with van der Waals surface area (Å²) in [6.45, 7) is 6.54. The molecule has 2 heteroatoms. The molecule has 0 heterocycles. The maximum atomic E-state index is 3.34. The maximum Gasteiger partial charge on any atom is 0.0101 e. The third-order valence-electron chi connectivity index (χ3n) is 1.11. The van der Waals surface area contributed by atoms with Gasteiger partial charge in [0.15, 0.2) is 0 Å². The van der Waals surface area contributed by atoms with E-state index in [4.69, 9.17) is 0 Å². The van der Waals surface area contributed by atoms with Crippen molar-refractivity contribution in [3.63, 3.8) is 0 Å². The number of likely N-dealkylation sites (N-methyl/N-ethyl adjacent to an activating group) is 1. The van der Waals surface area contributed by atoms with E-state index in [2.05, 4.69) is 38.2 Å². The molecule has 1 N–H and O–H groups in total. The molecule has 0 aromatic carbocycles. The zero-order chi connectivity index (χ0) is 7.28. The monoisotopic (exact) mass is 130 g/mol. The third kappa shape index (κ3) is 7.92. The van der Waals surface area contributed by atoms with E-state index in [0.29, 0.717) is 6.04 Å². The van der Waals surface area contributed by atoms with Crippen molar-refractivity contribution in [3.05, 3.63) is 0 Å². The zero-order valence-electron chi connectivity index (χ0n) is 6.94. The summed E-state index contributed by atoms with van der Waals surface area (Å²) in [6.07, 6.45) is 0. The first kappa shape index (κ1) is 8.92. The minimum Gasteiger partial charge on any atom is -0.313 e. The molecule has 0 saturated carbocycles. The van der Waals surface area contributed by atoms with E-state index in [9.17, 15) is 0 Å². The van der Waals surface area contributed by atoms with Crippen molar-refractivity contribution in [2.75, 3.05) is 27.2 Å². The number of rotatable bonds is 4. The molecule has 2 nitrogen and oxygen atoms in total. The van der Waals surface area contributed by atoms with Crippen LogP contribution in [-0.2, 0) is 0 Å². The summed E-state index contributed by atoms with van der Waals surface area (Å²) in [4.78, 5) is 2.18. The number of nitrogens with zero attached hydrogens (tertiary/aromatic N) is 1. The lowest BCUT2D eigenvalue weighted by Gasteiger charge is -2.11. The third-order valence-corrected chi connectivity index (χ3v) is 1.11. The largest absolute Gasteiger partial charge is 0.313 e. The van der Waals surface area contributed by atoms with Gasteiger partial charge in [0, 0.05) is 19.1 Å². The minimum atomic E-state index is 0.616. The van der Waals surface area contributed by atoms with Crippen LogP contribution in [0.5, 0.6) is 0 Å². The normalized spacial score (nSPS) is 11.3. The fourth-order valence-electron chi connectivity index (χ4n) is 0.577. The van der Waals surface area contributed by atoms with Gasteiger partial charge in [-0.1, -0.05) is 13.8 Å². The highest BCUT2D eigenvalue weighted by Gasteiger charge is 1.91. The molecule has 0 aromatic heterocycles. The van der Waals surface area contributed by atoms with Gasteiger partial charge in [0.1, 0.15) is 0 Å². The molecule has 0 aliphatic rings. The Morgan fingerprint density at radius 2 is 1.89 bits per heavy atom. The van der Waals surface area contributed by atoms with E-state index < -0.39 is 0 Å². The molecular weight excluding hydrogens is 112 g/mol. The Kier molecular flexibility index (Phi) is 4.72. The van der Waals surface area contributed by atoms with Crippen molar-refractivity contribution >= 4 is 0 Å². The molecule has 0 saturated heterocycles. The molecule has 0 unspecified atom stereocenters. The number of hydrogen-bond acceptors (Lipinski definition) is 2. The van der Waals surface area contributed by atoms with Crippen LogP contribution in [0.1, 0.15) is 13.8 Å². The molecule has 9 heavy (non-hydrogen) atoms. The Balaban J connectivity index is 2.91. The minimum absolute atomic E-state index is 0.616. The Morgan fingerprint density at radius 1 is 1.33 bits per heavy atom. The highest BCUT2D eigenvalue weighted by Crippen LogP contribution is 1.76. The Bertz CT molecular complexity index is 51.9. The van der Waals surface area contributed by atoms with Crippen LogP contribution >= 0.6 is 0 Å². The van der Waals surface area contributed by atoms with Crippen LogP contribution in [0.4, 0.5) is 0 Å². The first-order valence-electron chi connectivity index (χ1n) is 3.51. The highest BCUT2D eigenvalue weighted by atomic mass is 15.1. The highest BCUT2D eigenvalue weighted by molar-refractivity contribution is 4.53. The zero-order valence-corrected chi connectivity index (χ0v) is 6.94. The average molecular weight is 130 g/mol. The van der Waals surface area contributed by atoms with Crippen LogP contribution in [0.2, 0.25) is 0 Å². The SMILES string of the molecule is CC(C)NCCN(C)C. The van der Waals surface area contributed by atoms with Crippen molar-refractivity contribution < 1.29 is 0 Å². The molecule has 0 radical (unpaired) electrons. The molecule has 56 valence electrons. The van der Waals surface area contributed by atoms with Crippen molar-refractivity contribution in [2.45, 2.75) is 19.9 Å². The van der Waals surface area contributed by atoms with Crippen molar-refractivity contribution in [3.8, 4) is 0 Å². The average Bonchev–Trinajstić information content (AvgIpc) is 1.63. The lowest BCUT2D eigenvalue weighted by atomic mass is 10.4. The van der Waals surface area contributed by atoms with Crippen LogP contribution < -0.4 is 5.32 Å². The van der Waals surface area contributed by atoms with Crippen molar-refractivity contribution in [2.24, 2.45) is 0 Å². The van der Waals surface area contributed by atoms with Crippen LogP contribution in [0.15, 0.2) is 0 Å². The second-order valence-corrected chi connectivity index (χ2v) is 2.91. The smallest absolute Gasteiger partial charge is 0.0101 e. The van der Waals surface area contributed by atoms with E-state index in [1.807, 2.05) is 0 Å². The summed E-state index contributed by atoms with van der Waals surface area (Å²) in [6, 6.07) is 0.616. The Morgan fingerprint density at radius 3 is 2.22 bits per heavy atom. The molecule has 0 rings (SSSR count). The van der Waals surface area contributed by atoms with Crippen LogP contribution in [-0.4, -0.2) is 38.1 Å². The van der Waals surface area contributed by atoms with Crippen LogP contribution in [0.3, 0.4) is 0 Å². The fraction of sp³-hybridized carbons (Fsp3) is 1.00. The molecule has 0 bridgehead atoms. The van der Waals surface area contributed by atoms with E-state index in [1.54, 1.807) is 0 Å². The summed E-state index contributed by atoms with van der Waals surface area (Å²) < 4.78 is 0. The predicted molar refractivity (Wildman–Crippen MR) is 41.7 cm³/mol. The van der Waals surface area contributed by atoms with Crippen molar-refractivity contribution in [1.82, 2.24) is 10.2 Å². The molecule has 0 aromatic rings. The van der Waals surface area contributed by atoms with Gasteiger partial charge in [0.05, 0.1) is 0 Å². The topological polar surface area (TPSA) is 15.3 Å². The van der Waals surface area contributed by atoms with Gasteiger partial charge in [0.25, 0.3) is 0 Å². The quantitative estimate of drug-likeness (QED) is 0.597. The van der Waals surface area contributed by atoms with E-state index in [-0.39, 0.29) is 0 Å². The van der Waals surface area contributed by atoms with Gasteiger partial charge in [-0.25, -0.2) is 0 Å². The van der Waals surface area contributed by atoms with Gasteiger partial charge < -0.3 is 10.2 Å². The summed E-state index contributed by atoms with van der Waals surface area (Å²) in [5, 5.41) is 3.34. The molecule has 0 aliphatic carbocycles. The lowest BCUT2D eigenvalue weighted by Crippen LogP contribution is -2.30. The van der Waals surface area contributed by atoms with Crippen LogP contribution in [0, 0.1) is 0 Å². The summed E-state index contributed by atoms with van der Waals surface area (Å²) in [5.41, 5.74) is 0. The summed E-state index contributed by atoms with van der Waals surface area (Å²) in [5.74, 6) is 0. The van der Waals surface area contributed by atoms with Gasteiger partial charge in [0.2, 0.25) is 0 Å². The molecule has 0 atom stereocenters. The van der Waals surface area contributed by atoms with Gasteiger partial charge in [-0.15, -0.1) is 0 Å². The summed E-state index contributed by atoms with van der Waals surface area (Å²) >= 11 is 0. The molecular formula is C7H18N2. The molecule has 0 fully saturated rings. The standard InChI is InChI=1S/C7H18N2/c1-7(2)8-5-6-9(3)4/h7-8H,5-6H2,1-4H3. The second-order valence-electron chi connectivity index (χ2n) is 2.91. The first-order chi connectivity index (χ1) is 4.13. The Labute approximate surface area is 58.2 Å². The fourth-order valence-corrected chi connectivity index (χ4v) is 0.577. The van der Waals surface area contributed by atoms with Gasteiger partial charge in [-0.05, 0) is 14.1 Å². The Hall–Kier alpha value is -0.0800. The van der Waals surface area contributed by atoms with E-state index in [1.165, 1.54) is 0 Å². The van der Waals surface area contributed by atoms with E-state index in [0.717, 1.165) is 13.1 Å². The lowest BCUT2D eigenvalue weighted by molar-refractivity contribution is 0.391. The molecule has 0 amide bonds.